The Kier molecular flexibility index (Phi) is 6.38. The number of hydrogen-bond acceptors (Lipinski definition) is 3. The minimum absolute atomic E-state index is 0.287. The Labute approximate surface area is 73.7 Å². The number of unbranched alkanes of at least 4 members (excludes halogenated alkanes) is 1. The van der Waals surface area contributed by atoms with Crippen LogP contribution >= 0.6 is 0 Å². The molecule has 0 unspecified atom stereocenters. The number of rotatable bonds is 5. The van der Waals surface area contributed by atoms with Crippen LogP contribution in [0.15, 0.2) is 11.6 Å². The lowest BCUT2D eigenvalue weighted by Crippen LogP contribution is -2.19. The van der Waals surface area contributed by atoms with Crippen LogP contribution < -0.4 is 5.48 Å². The van der Waals surface area contributed by atoms with E-state index in [1.807, 2.05) is 13.0 Å². The topological polar surface area (TPSA) is 38.3 Å². The van der Waals surface area contributed by atoms with Gasteiger partial charge in [0.05, 0.1) is 0 Å². The highest BCUT2D eigenvalue weighted by Crippen LogP contribution is 1.99. The molecule has 12 heavy (non-hydrogen) atoms. The molecule has 0 aromatic heterocycles. The molecular weight excluding hydrogens is 154 g/mol. The van der Waals surface area contributed by atoms with Gasteiger partial charge < -0.3 is 4.84 Å². The van der Waals surface area contributed by atoms with Crippen molar-refractivity contribution in [2.45, 2.75) is 33.6 Å². The van der Waals surface area contributed by atoms with Crippen molar-refractivity contribution in [2.75, 3.05) is 6.54 Å². The summed E-state index contributed by atoms with van der Waals surface area (Å²) in [5, 5.41) is 0. The first-order valence-corrected chi connectivity index (χ1v) is 4.33. The largest absolute Gasteiger partial charge is 0.367 e. The van der Waals surface area contributed by atoms with E-state index in [0.29, 0.717) is 12.1 Å². The summed E-state index contributed by atoms with van der Waals surface area (Å²) >= 11 is 0. The molecule has 0 spiro atoms. The predicted octanol–water partition coefficient (Wildman–Crippen LogP) is 1.80. The zero-order valence-electron chi connectivity index (χ0n) is 8.02. The van der Waals surface area contributed by atoms with Crippen LogP contribution in [0.4, 0.5) is 0 Å². The first-order chi connectivity index (χ1) is 5.72. The van der Waals surface area contributed by atoms with Gasteiger partial charge in [-0.2, -0.15) is 5.48 Å². The van der Waals surface area contributed by atoms with Crippen LogP contribution in [0.3, 0.4) is 0 Å². The maximum atomic E-state index is 11.1. The molecule has 1 N–H and O–H groups in total. The smallest absolute Gasteiger partial charge is 0.352 e. The highest BCUT2D eigenvalue weighted by Gasteiger charge is 2.03. The molecule has 0 bridgehead atoms. The molecule has 0 amide bonds. The monoisotopic (exact) mass is 171 g/mol. The van der Waals surface area contributed by atoms with Crippen LogP contribution in [0.1, 0.15) is 33.6 Å². The second-order valence-corrected chi connectivity index (χ2v) is 2.56. The van der Waals surface area contributed by atoms with E-state index in [9.17, 15) is 4.79 Å². The van der Waals surface area contributed by atoms with E-state index in [-0.39, 0.29) is 5.97 Å². The van der Waals surface area contributed by atoms with Crippen LogP contribution in [0.2, 0.25) is 0 Å². The molecule has 0 rings (SSSR count). The maximum Gasteiger partial charge on any atom is 0.352 e. The fraction of sp³-hybridized carbons (Fsp3) is 0.667. The molecule has 3 nitrogen and oxygen atoms in total. The molecule has 0 aliphatic heterocycles. The second-order valence-electron chi connectivity index (χ2n) is 2.56. The van der Waals surface area contributed by atoms with E-state index in [1.165, 1.54) is 0 Å². The van der Waals surface area contributed by atoms with Crippen LogP contribution in [-0.2, 0) is 9.63 Å². The van der Waals surface area contributed by atoms with Crippen molar-refractivity contribution in [3.8, 4) is 0 Å². The highest BCUT2D eigenvalue weighted by molar-refractivity contribution is 5.87. The molecule has 0 radical (unpaired) electrons. The quantitative estimate of drug-likeness (QED) is 0.506. The van der Waals surface area contributed by atoms with Crippen LogP contribution in [0, 0.1) is 0 Å². The average molecular weight is 171 g/mol. The molecule has 0 saturated carbocycles. The van der Waals surface area contributed by atoms with Gasteiger partial charge in [0, 0.05) is 12.1 Å². The molecule has 0 atom stereocenters. The molecule has 0 heterocycles. The van der Waals surface area contributed by atoms with E-state index < -0.39 is 0 Å². The van der Waals surface area contributed by atoms with Gasteiger partial charge in [-0.25, -0.2) is 4.79 Å². The van der Waals surface area contributed by atoms with Crippen molar-refractivity contribution >= 4 is 5.97 Å². The summed E-state index contributed by atoms with van der Waals surface area (Å²) in [6.07, 6.45) is 3.86. The Bertz CT molecular complexity index is 164. The van der Waals surface area contributed by atoms with Gasteiger partial charge in [-0.05, 0) is 20.3 Å². The third-order valence-electron chi connectivity index (χ3n) is 1.37. The molecule has 0 aliphatic carbocycles. The number of nitrogens with one attached hydrogen (secondary N) is 1. The molecule has 0 fully saturated rings. The van der Waals surface area contributed by atoms with Gasteiger partial charge in [0.25, 0.3) is 0 Å². The lowest BCUT2D eigenvalue weighted by Gasteiger charge is -2.02. The van der Waals surface area contributed by atoms with Gasteiger partial charge in [-0.1, -0.05) is 19.4 Å². The molecule has 0 saturated heterocycles. The van der Waals surface area contributed by atoms with E-state index >= 15 is 0 Å². The van der Waals surface area contributed by atoms with Crippen molar-refractivity contribution in [1.29, 1.82) is 0 Å². The van der Waals surface area contributed by atoms with Gasteiger partial charge in [-0.15, -0.1) is 0 Å². The minimum atomic E-state index is -0.287. The zero-order chi connectivity index (χ0) is 9.40. The molecular formula is C9H17NO2. The predicted molar refractivity (Wildman–Crippen MR) is 48.4 cm³/mol. The summed E-state index contributed by atoms with van der Waals surface area (Å²) in [6, 6.07) is 0. The summed E-state index contributed by atoms with van der Waals surface area (Å²) < 4.78 is 0. The molecule has 70 valence electrons. The molecule has 0 aromatic rings. The average Bonchev–Trinajstić information content (AvgIpc) is 2.10. The molecule has 0 aliphatic rings. The van der Waals surface area contributed by atoms with Crippen LogP contribution in [0.25, 0.3) is 0 Å². The van der Waals surface area contributed by atoms with Crippen molar-refractivity contribution in [1.82, 2.24) is 5.48 Å². The molecule has 3 heteroatoms. The van der Waals surface area contributed by atoms with Crippen LogP contribution in [0.5, 0.6) is 0 Å². The van der Waals surface area contributed by atoms with E-state index in [1.54, 1.807) is 6.92 Å². The first-order valence-electron chi connectivity index (χ1n) is 4.33. The number of carbonyl (C=O) groups excluding carboxylic acids is 1. The number of hydroxylamine groups is 1. The van der Waals surface area contributed by atoms with Crippen LogP contribution in [-0.4, -0.2) is 12.5 Å². The Morgan fingerprint density at radius 3 is 2.67 bits per heavy atom. The Morgan fingerprint density at radius 2 is 2.17 bits per heavy atom. The van der Waals surface area contributed by atoms with Crippen molar-refractivity contribution in [2.24, 2.45) is 0 Å². The van der Waals surface area contributed by atoms with Crippen molar-refractivity contribution in [3.63, 3.8) is 0 Å². The van der Waals surface area contributed by atoms with Gasteiger partial charge in [-0.3, -0.25) is 0 Å². The number of carbonyl (C=O) groups is 1. The minimum Gasteiger partial charge on any atom is -0.367 e. The first kappa shape index (κ1) is 11.2. The summed E-state index contributed by atoms with van der Waals surface area (Å²) in [7, 11) is 0. The van der Waals surface area contributed by atoms with Gasteiger partial charge in [0.2, 0.25) is 0 Å². The SMILES string of the molecule is CCCC=C(C)C(=O)ONCC. The summed E-state index contributed by atoms with van der Waals surface area (Å²) in [5.74, 6) is -0.287. The van der Waals surface area contributed by atoms with Crippen molar-refractivity contribution < 1.29 is 9.63 Å². The normalized spacial score (nSPS) is 11.4. The zero-order valence-corrected chi connectivity index (χ0v) is 8.02. The summed E-state index contributed by atoms with van der Waals surface area (Å²) in [4.78, 5) is 15.7. The Morgan fingerprint density at radius 1 is 1.50 bits per heavy atom. The fourth-order valence-electron chi connectivity index (χ4n) is 0.662. The van der Waals surface area contributed by atoms with Gasteiger partial charge in [0.1, 0.15) is 0 Å². The Hall–Kier alpha value is -0.830. The van der Waals surface area contributed by atoms with E-state index in [0.717, 1.165) is 12.8 Å². The lowest BCUT2D eigenvalue weighted by atomic mass is 10.2. The third-order valence-corrected chi connectivity index (χ3v) is 1.37. The highest BCUT2D eigenvalue weighted by atomic mass is 16.7. The standard InChI is InChI=1S/C9H17NO2/c1-4-6-7-8(3)9(11)12-10-5-2/h7,10H,4-6H2,1-3H3. The van der Waals surface area contributed by atoms with Gasteiger partial charge in [0.15, 0.2) is 0 Å². The lowest BCUT2D eigenvalue weighted by molar-refractivity contribution is -0.145. The maximum absolute atomic E-state index is 11.1. The third kappa shape index (κ3) is 4.91. The summed E-state index contributed by atoms with van der Waals surface area (Å²) in [5.41, 5.74) is 3.18. The summed E-state index contributed by atoms with van der Waals surface area (Å²) in [6.45, 7) is 6.33. The second kappa shape index (κ2) is 6.85. The van der Waals surface area contributed by atoms with E-state index in [4.69, 9.17) is 4.84 Å². The molecule has 0 aromatic carbocycles. The number of allylic oxidation sites excluding steroid dienone is 1. The van der Waals surface area contributed by atoms with Gasteiger partial charge >= 0.3 is 5.97 Å². The van der Waals surface area contributed by atoms with Crippen molar-refractivity contribution in [3.05, 3.63) is 11.6 Å². The Balaban J connectivity index is 3.75. The van der Waals surface area contributed by atoms with E-state index in [2.05, 4.69) is 12.4 Å². The fourth-order valence-corrected chi connectivity index (χ4v) is 0.662. The number of hydrogen-bond donors (Lipinski definition) is 1.